The highest BCUT2D eigenvalue weighted by atomic mass is 16.6. The molecule has 17 heteroatoms. The second kappa shape index (κ2) is 30.6. The Kier molecular flexibility index (Phi) is 25.4. The van der Waals surface area contributed by atoms with Gasteiger partial charge in [-0.15, -0.1) is 0 Å². The van der Waals surface area contributed by atoms with E-state index in [-0.39, 0.29) is 68.0 Å². The number of nitrogens with zero attached hydrogens (tertiary/aromatic N) is 2. The maximum Gasteiger partial charge on any atom is 0.329 e. The van der Waals surface area contributed by atoms with Gasteiger partial charge in [0.1, 0.15) is 24.4 Å². The van der Waals surface area contributed by atoms with E-state index in [1.54, 1.807) is 41.1 Å². The Labute approximate surface area is 458 Å². The number of hydrogen-bond donors (Lipinski definition) is 3. The highest BCUT2D eigenvalue weighted by Crippen LogP contribution is 2.38. The van der Waals surface area contributed by atoms with Gasteiger partial charge in [0.05, 0.1) is 31.0 Å². The molecule has 0 aromatic carbocycles. The number of ether oxygens (including phenoxy) is 6. The first-order valence-corrected chi connectivity index (χ1v) is 28.7. The van der Waals surface area contributed by atoms with Crippen LogP contribution >= 0.6 is 0 Å². The molecule has 1 aliphatic carbocycles. The number of aliphatic hydroxyl groups is 3. The van der Waals surface area contributed by atoms with E-state index in [1.807, 2.05) is 58.1 Å². The fourth-order valence-electron chi connectivity index (χ4n) is 12.3. The van der Waals surface area contributed by atoms with Gasteiger partial charge < -0.3 is 48.6 Å². The third kappa shape index (κ3) is 17.8. The number of likely N-dealkylation sites (tertiary alicyclic amines) is 1. The zero-order chi connectivity index (χ0) is 56.6. The molecule has 77 heavy (non-hydrogen) atoms. The second-order valence-corrected chi connectivity index (χ2v) is 23.3. The number of allylic oxidation sites excluding steroid dienone is 6. The Morgan fingerprint density at radius 1 is 0.831 bits per heavy atom. The topological polar surface area (TPSA) is 225 Å². The molecule has 5 rings (SSSR count). The van der Waals surface area contributed by atoms with Crippen molar-refractivity contribution in [1.82, 2.24) is 9.80 Å². The standard InChI is InChI=1S/C60H94N2O15/c1-37-16-12-11-13-17-38(2)50(72-8)34-46-21-19-43(7)60(71,77-46)57(68)58(69)62-26-15-14-18-47(62)59(70)76-51(35-48(64)39(3)31-42(6)55(67)56(74-10)54(66)41(5)30-37)40(4)32-45-20-22-49(52(33-45)73-9)75-53(65)36-61-27-23-44(24-28-61)25-29-63/h11-13,16-17,31,37,40-47,49-52,55-56,63,67,71H,14-15,18-30,32-36H2,1-10H3/t37-,40-,41-,42?,43-,45+,46+,47+,49-,50+,51+,52-,55-,56+,60-/m1/s1. The number of Topliss-reactive ketones (excluding diaryl/α,β-unsaturated/α-hetero) is 3. The molecule has 434 valence electrons. The number of ketones is 3. The van der Waals surface area contributed by atoms with Crippen LogP contribution in [-0.4, -0.2) is 169 Å². The van der Waals surface area contributed by atoms with E-state index >= 15 is 0 Å². The van der Waals surface area contributed by atoms with Gasteiger partial charge in [-0.25, -0.2) is 4.79 Å². The summed E-state index contributed by atoms with van der Waals surface area (Å²) in [6.45, 7) is 14.6. The summed E-state index contributed by atoms with van der Waals surface area (Å²) in [5.41, 5.74) is 1.17. The van der Waals surface area contributed by atoms with Crippen LogP contribution in [0.15, 0.2) is 47.6 Å². The summed E-state index contributed by atoms with van der Waals surface area (Å²) in [6.07, 6.45) is 13.5. The van der Waals surface area contributed by atoms with Gasteiger partial charge in [0, 0.05) is 65.1 Å². The number of esters is 2. The molecule has 0 aromatic heterocycles. The number of fused-ring (bicyclic) bond motifs is 3. The molecule has 0 spiro atoms. The van der Waals surface area contributed by atoms with Crippen molar-refractivity contribution in [3.05, 3.63) is 47.6 Å². The molecular weight excluding hydrogens is 989 g/mol. The number of rotatable bonds is 11. The summed E-state index contributed by atoms with van der Waals surface area (Å²) < 4.78 is 36.0. The Hall–Kier alpha value is -3.94. The predicted molar refractivity (Wildman–Crippen MR) is 290 cm³/mol. The lowest BCUT2D eigenvalue weighted by Crippen LogP contribution is -2.61. The van der Waals surface area contributed by atoms with Crippen molar-refractivity contribution in [3.8, 4) is 0 Å². The number of hydrogen-bond acceptors (Lipinski definition) is 16. The van der Waals surface area contributed by atoms with Gasteiger partial charge in [0.15, 0.2) is 11.6 Å². The lowest BCUT2D eigenvalue weighted by molar-refractivity contribution is -0.265. The minimum Gasteiger partial charge on any atom is -0.460 e. The normalized spacial score (nSPS) is 35.4. The highest BCUT2D eigenvalue weighted by Gasteiger charge is 2.53. The first kappa shape index (κ1) is 63.9. The van der Waals surface area contributed by atoms with E-state index in [1.165, 1.54) is 12.0 Å². The van der Waals surface area contributed by atoms with Crippen LogP contribution in [0.25, 0.3) is 0 Å². The maximum atomic E-state index is 14.6. The van der Waals surface area contributed by atoms with Gasteiger partial charge >= 0.3 is 11.9 Å². The van der Waals surface area contributed by atoms with Crippen molar-refractivity contribution in [2.75, 3.05) is 54.1 Å². The van der Waals surface area contributed by atoms with E-state index in [4.69, 9.17) is 28.4 Å². The van der Waals surface area contributed by atoms with Crippen LogP contribution < -0.4 is 0 Å². The van der Waals surface area contributed by atoms with Crippen LogP contribution in [0.2, 0.25) is 0 Å². The molecule has 4 heterocycles. The Morgan fingerprint density at radius 3 is 2.23 bits per heavy atom. The molecule has 1 saturated carbocycles. The first-order chi connectivity index (χ1) is 36.6. The van der Waals surface area contributed by atoms with Gasteiger partial charge in [-0.2, -0.15) is 0 Å². The molecule has 0 aromatic rings. The summed E-state index contributed by atoms with van der Waals surface area (Å²) in [5, 5.41) is 33.0. The average Bonchev–Trinajstić information content (AvgIpc) is 3.41. The largest absolute Gasteiger partial charge is 0.460 e. The fraction of sp³-hybridized carbons (Fsp3) is 0.767. The van der Waals surface area contributed by atoms with Crippen molar-refractivity contribution >= 4 is 35.2 Å². The van der Waals surface area contributed by atoms with E-state index < -0.39 is 89.8 Å². The molecule has 4 fully saturated rings. The molecule has 0 radical (unpaired) electrons. The molecule has 5 aliphatic rings. The molecule has 3 N–H and O–H groups in total. The molecule has 2 bridgehead atoms. The van der Waals surface area contributed by atoms with Gasteiger partial charge in [-0.3, -0.25) is 28.9 Å². The quantitative estimate of drug-likeness (QED) is 0.142. The number of aliphatic hydroxyl groups excluding tert-OH is 2. The molecule has 3 saturated heterocycles. The Bertz CT molecular complexity index is 2100. The second-order valence-electron chi connectivity index (χ2n) is 23.3. The van der Waals surface area contributed by atoms with Gasteiger partial charge in [0.2, 0.25) is 5.79 Å². The van der Waals surface area contributed by atoms with E-state index in [0.29, 0.717) is 75.7 Å². The van der Waals surface area contributed by atoms with Crippen LogP contribution in [0.4, 0.5) is 0 Å². The first-order valence-electron chi connectivity index (χ1n) is 28.7. The van der Waals surface area contributed by atoms with Crippen molar-refractivity contribution < 1.29 is 72.5 Å². The summed E-state index contributed by atoms with van der Waals surface area (Å²) >= 11 is 0. The minimum atomic E-state index is -2.45. The average molecular weight is 1080 g/mol. The smallest absolute Gasteiger partial charge is 0.329 e. The van der Waals surface area contributed by atoms with Crippen LogP contribution in [-0.2, 0) is 57.2 Å². The number of piperidine rings is 2. The third-order valence-corrected chi connectivity index (χ3v) is 17.3. The van der Waals surface area contributed by atoms with Crippen LogP contribution in [0.5, 0.6) is 0 Å². The molecule has 4 aliphatic heterocycles. The summed E-state index contributed by atoms with van der Waals surface area (Å²) in [4.78, 5) is 88.0. The van der Waals surface area contributed by atoms with E-state index in [9.17, 15) is 44.1 Å². The zero-order valence-corrected chi connectivity index (χ0v) is 47.9. The van der Waals surface area contributed by atoms with E-state index in [0.717, 1.165) is 37.9 Å². The van der Waals surface area contributed by atoms with Crippen LogP contribution in [0.3, 0.4) is 0 Å². The molecule has 1 amide bonds. The zero-order valence-electron chi connectivity index (χ0n) is 47.9. The third-order valence-electron chi connectivity index (χ3n) is 17.3. The molecular formula is C60H94N2O15. The van der Waals surface area contributed by atoms with Crippen LogP contribution in [0.1, 0.15) is 145 Å². The fourth-order valence-corrected chi connectivity index (χ4v) is 12.3. The van der Waals surface area contributed by atoms with Gasteiger partial charge in [-0.1, -0.05) is 71.1 Å². The number of methoxy groups -OCH3 is 3. The highest BCUT2D eigenvalue weighted by molar-refractivity contribution is 6.39. The molecule has 17 nitrogen and oxygen atoms in total. The lowest BCUT2D eigenvalue weighted by atomic mass is 9.78. The van der Waals surface area contributed by atoms with Crippen LogP contribution in [0, 0.1) is 41.4 Å². The van der Waals surface area contributed by atoms with E-state index in [2.05, 4.69) is 4.90 Å². The molecule has 15 atom stereocenters. The molecule has 1 unspecified atom stereocenters. The van der Waals surface area contributed by atoms with Gasteiger partial charge in [-0.05, 0) is 145 Å². The van der Waals surface area contributed by atoms with Crippen molar-refractivity contribution in [3.63, 3.8) is 0 Å². The number of cyclic esters (lactones) is 1. The van der Waals surface area contributed by atoms with Gasteiger partial charge in [0.25, 0.3) is 11.7 Å². The van der Waals surface area contributed by atoms with Crippen molar-refractivity contribution in [2.24, 2.45) is 41.4 Å². The monoisotopic (exact) mass is 1080 g/mol. The number of amides is 1. The number of carbonyl (C=O) groups excluding carboxylic acids is 6. The van der Waals surface area contributed by atoms with Crippen molar-refractivity contribution in [2.45, 2.75) is 199 Å². The summed E-state index contributed by atoms with van der Waals surface area (Å²) in [6, 6.07) is -1.18. The SMILES string of the molecule is CO[C@H]1C[C@@H]2CC[C@@H](C)[C@@](O)(O2)C(=O)C(=O)N2CCCC[C@H]2C(=O)O[C@H]([C@H](C)C[C@@H]2CC[C@@H](OC(=O)CN3CCC(CCO)CC3)[C@H](OC)C2)CC(=O)C(C)=CC(C)[C@@H](O)[C@@H](OC)C(=O)[C@H](C)C[C@H](C)C=CC=CC=C1C. The lowest BCUT2D eigenvalue weighted by Gasteiger charge is -2.42. The number of carbonyl (C=O) groups is 6. The summed E-state index contributed by atoms with van der Waals surface area (Å²) in [7, 11) is 4.55. The van der Waals surface area contributed by atoms with Crippen molar-refractivity contribution in [1.29, 1.82) is 0 Å². The minimum absolute atomic E-state index is 0.00585. The Morgan fingerprint density at radius 2 is 1.56 bits per heavy atom. The maximum absolute atomic E-state index is 14.6. The predicted octanol–water partition coefficient (Wildman–Crippen LogP) is 6.83. The Balaban J connectivity index is 1.40. The summed E-state index contributed by atoms with van der Waals surface area (Å²) in [5.74, 6) is -8.10.